The summed E-state index contributed by atoms with van der Waals surface area (Å²) in [4.78, 5) is 83.9. The normalized spacial score (nSPS) is 36.0. The SMILES string of the molecule is CC(C)C1=C2[C@H]3CC[C@@H]4[C@@]5(C)CC[C@H](OC(=O)[C@H]6C[C@@H](C(=O)O)C6(C)C)C(C)(C)[C@@H]5CC[C@@]4(C)[C@]3(C)CC[C@@]2(NC(=O)C(C)(C)NC(=O)c2cc(C(F)(F)F)nn2C(=O)CCN2CCOCC2)CC1=O. The lowest BCUT2D eigenvalue weighted by atomic mass is 9.33. The number of fused-ring (bicyclic) bond motifs is 7. The third-order valence-electron chi connectivity index (χ3n) is 20.0. The Hall–Kier alpha value is -4.12. The molecule has 1 aliphatic heterocycles. The minimum atomic E-state index is -4.94. The highest BCUT2D eigenvalue weighted by Crippen LogP contribution is 2.76. The van der Waals surface area contributed by atoms with Gasteiger partial charge < -0.3 is 25.2 Å². The van der Waals surface area contributed by atoms with Gasteiger partial charge in [0.05, 0.1) is 30.6 Å². The second-order valence-corrected chi connectivity index (χ2v) is 25.0. The quantitative estimate of drug-likeness (QED) is 0.181. The van der Waals surface area contributed by atoms with E-state index in [1.807, 2.05) is 32.6 Å². The highest BCUT2D eigenvalue weighted by Gasteiger charge is 2.71. The van der Waals surface area contributed by atoms with Gasteiger partial charge in [0, 0.05) is 44.0 Å². The average molecular weight is 984 g/mol. The van der Waals surface area contributed by atoms with Crippen LogP contribution in [0.5, 0.6) is 0 Å². The first-order valence-electron chi connectivity index (χ1n) is 25.7. The fraction of sp³-hybridized carbons (Fsp3) is 0.792. The predicted molar refractivity (Wildman–Crippen MR) is 252 cm³/mol. The summed E-state index contributed by atoms with van der Waals surface area (Å²) >= 11 is 0. The molecule has 5 saturated carbocycles. The van der Waals surface area contributed by atoms with E-state index in [2.05, 4.69) is 50.4 Å². The number of aliphatic carboxylic acids is 1. The Balaban J connectivity index is 1.01. The lowest BCUT2D eigenvalue weighted by Gasteiger charge is -2.72. The fourth-order valence-electron chi connectivity index (χ4n) is 15.7. The van der Waals surface area contributed by atoms with Gasteiger partial charge in [-0.1, -0.05) is 62.3 Å². The number of carbonyl (C=O) groups excluding carboxylic acids is 5. The molecular weight excluding hydrogens is 908 g/mol. The number of nitrogens with zero attached hydrogens (tertiary/aromatic N) is 3. The van der Waals surface area contributed by atoms with Gasteiger partial charge in [-0.05, 0) is 128 Å². The van der Waals surface area contributed by atoms with Crippen LogP contribution in [-0.2, 0) is 34.8 Å². The maximum absolute atomic E-state index is 14.7. The van der Waals surface area contributed by atoms with E-state index in [-0.39, 0.29) is 83.1 Å². The number of carbonyl (C=O) groups is 6. The molecule has 0 unspecified atom stereocenters. The number of morpholine rings is 1. The van der Waals surface area contributed by atoms with Crippen LogP contribution in [0.15, 0.2) is 17.2 Å². The Labute approximate surface area is 410 Å². The van der Waals surface area contributed by atoms with E-state index in [1.165, 1.54) is 13.8 Å². The third-order valence-corrected chi connectivity index (χ3v) is 20.0. The van der Waals surface area contributed by atoms with Crippen molar-refractivity contribution in [3.8, 4) is 0 Å². The number of carboxylic acid groups (broad SMARTS) is 1. The number of amides is 2. The van der Waals surface area contributed by atoms with E-state index in [4.69, 9.17) is 9.47 Å². The van der Waals surface area contributed by atoms with Gasteiger partial charge in [-0.15, -0.1) is 0 Å². The maximum atomic E-state index is 14.7. The molecule has 0 aromatic carbocycles. The molecule has 1 aromatic heterocycles. The summed E-state index contributed by atoms with van der Waals surface area (Å²) in [7, 11) is 0. The molecule has 10 atom stereocenters. The molecule has 0 spiro atoms. The molecule has 2 heterocycles. The molecule has 0 bridgehead atoms. The smallest absolute Gasteiger partial charge is 0.435 e. The Morgan fingerprint density at radius 3 is 2.17 bits per heavy atom. The molecule has 6 aliphatic carbocycles. The summed E-state index contributed by atoms with van der Waals surface area (Å²) in [6.45, 7) is 24.7. The molecule has 0 radical (unpaired) electrons. The third kappa shape index (κ3) is 8.26. The number of hydrogen-bond donors (Lipinski definition) is 3. The Bertz CT molecular complexity index is 2370. The minimum absolute atomic E-state index is 0.0168. The zero-order valence-electron chi connectivity index (χ0n) is 43.1. The molecule has 7 aliphatic rings. The number of esters is 1. The molecule has 17 heteroatoms. The van der Waals surface area contributed by atoms with Crippen LogP contribution in [0.4, 0.5) is 13.2 Å². The van der Waals surface area contributed by atoms with E-state index >= 15 is 0 Å². The first-order chi connectivity index (χ1) is 32.4. The van der Waals surface area contributed by atoms with Crippen LogP contribution in [0.3, 0.4) is 0 Å². The first kappa shape index (κ1) is 52.2. The summed E-state index contributed by atoms with van der Waals surface area (Å²) in [5, 5.41) is 19.1. The predicted octanol–water partition coefficient (Wildman–Crippen LogP) is 8.28. The van der Waals surface area contributed by atoms with Crippen LogP contribution in [-0.4, -0.2) is 105 Å². The molecule has 8 rings (SSSR count). The second kappa shape index (κ2) is 17.5. The van der Waals surface area contributed by atoms with Crippen LogP contribution in [0.25, 0.3) is 0 Å². The van der Waals surface area contributed by atoms with E-state index in [9.17, 15) is 47.0 Å². The molecule has 70 heavy (non-hydrogen) atoms. The van der Waals surface area contributed by atoms with Crippen LogP contribution in [0.2, 0.25) is 0 Å². The van der Waals surface area contributed by atoms with Gasteiger partial charge in [0.15, 0.2) is 11.5 Å². The van der Waals surface area contributed by atoms with Crippen molar-refractivity contribution in [2.24, 2.45) is 62.6 Å². The summed E-state index contributed by atoms with van der Waals surface area (Å²) in [6, 6.07) is 0.532. The topological polar surface area (TPSA) is 186 Å². The summed E-state index contributed by atoms with van der Waals surface area (Å²) < 4.78 is 54.3. The number of nitrogens with one attached hydrogen (secondary N) is 2. The Kier molecular flexibility index (Phi) is 13.1. The fourth-order valence-corrected chi connectivity index (χ4v) is 15.7. The zero-order valence-corrected chi connectivity index (χ0v) is 43.1. The highest BCUT2D eigenvalue weighted by molar-refractivity contribution is 6.04. The number of rotatable bonds is 11. The summed E-state index contributed by atoms with van der Waals surface area (Å²) in [5.41, 5.74) is -4.54. The van der Waals surface area contributed by atoms with Gasteiger partial charge in [-0.2, -0.15) is 23.0 Å². The monoisotopic (exact) mass is 984 g/mol. The van der Waals surface area contributed by atoms with Crippen molar-refractivity contribution in [1.82, 2.24) is 25.3 Å². The van der Waals surface area contributed by atoms with Gasteiger partial charge in [-0.3, -0.25) is 33.7 Å². The molecule has 2 amide bonds. The van der Waals surface area contributed by atoms with Crippen LogP contribution in [0.1, 0.15) is 168 Å². The summed E-state index contributed by atoms with van der Waals surface area (Å²) in [6.07, 6.45) is 1.31. The first-order valence-corrected chi connectivity index (χ1v) is 25.7. The van der Waals surface area contributed by atoms with E-state index in [0.717, 1.165) is 49.7 Å². The van der Waals surface area contributed by atoms with E-state index in [0.29, 0.717) is 55.8 Å². The number of ether oxygens (including phenoxy) is 2. The van der Waals surface area contributed by atoms with Crippen molar-refractivity contribution in [2.75, 3.05) is 32.8 Å². The number of Topliss-reactive ketones (excluding diaryl/α,β-unsaturated/α-hetero) is 1. The Morgan fingerprint density at radius 2 is 1.56 bits per heavy atom. The second-order valence-electron chi connectivity index (χ2n) is 25.0. The van der Waals surface area contributed by atoms with E-state index in [1.54, 1.807) is 0 Å². The largest absolute Gasteiger partial charge is 0.481 e. The van der Waals surface area contributed by atoms with Crippen molar-refractivity contribution in [3.05, 3.63) is 28.6 Å². The standard InChI is InChI=1S/C53H76F3N5O9/c1-29(2)40-34(62)28-52(58-45(68)48(7,8)57-42(64)33-27-37(53(54,55)56)59-61(33)39(63)16-21-60-22-24-69-25-23-60)20-19-50(10)30(41(40)52)12-13-36-49(9)17-15-38(47(5,6)35(49)14-18-51(36,50)11)70-44(67)32-26-31(43(65)66)46(32,3)4/h27,29-32,35-36,38H,12-26,28H2,1-11H3,(H,57,64)(H,58,68)(H,65,66)/t30-,31+,32-,35+,36-,38+,49+,50-,51-,52-/m1/s1. The summed E-state index contributed by atoms with van der Waals surface area (Å²) in [5.74, 6) is -4.27. The molecular formula is C53H76F3N5O9. The lowest BCUT2D eigenvalue weighted by molar-refractivity contribution is -0.235. The Morgan fingerprint density at radius 1 is 0.886 bits per heavy atom. The molecule has 1 saturated heterocycles. The minimum Gasteiger partial charge on any atom is -0.481 e. The molecule has 3 N–H and O–H groups in total. The number of allylic oxidation sites excluding steroid dienone is 1. The van der Waals surface area contributed by atoms with Crippen LogP contribution >= 0.6 is 0 Å². The van der Waals surface area contributed by atoms with Crippen LogP contribution in [0, 0.1) is 62.6 Å². The maximum Gasteiger partial charge on any atom is 0.435 e. The van der Waals surface area contributed by atoms with Gasteiger partial charge in [-0.25, -0.2) is 0 Å². The number of halogens is 3. The number of alkyl halides is 3. The van der Waals surface area contributed by atoms with Crippen molar-refractivity contribution in [3.63, 3.8) is 0 Å². The van der Waals surface area contributed by atoms with Crippen LogP contribution < -0.4 is 10.6 Å². The number of carboxylic acids is 1. The number of ketones is 1. The average Bonchev–Trinajstić information content (AvgIpc) is 3.84. The van der Waals surface area contributed by atoms with Crippen molar-refractivity contribution in [2.45, 2.75) is 170 Å². The van der Waals surface area contributed by atoms with Gasteiger partial charge in [0.2, 0.25) is 11.8 Å². The van der Waals surface area contributed by atoms with E-state index < -0.39 is 69.6 Å². The molecule has 1 aromatic rings. The zero-order chi connectivity index (χ0) is 51.5. The van der Waals surface area contributed by atoms with Crippen molar-refractivity contribution < 1.29 is 56.5 Å². The highest BCUT2D eigenvalue weighted by atomic mass is 19.4. The van der Waals surface area contributed by atoms with Gasteiger partial charge >= 0.3 is 18.1 Å². The molecule has 388 valence electrons. The number of aromatic nitrogens is 2. The molecule has 14 nitrogen and oxygen atoms in total. The van der Waals surface area contributed by atoms with Gasteiger partial charge in [0.25, 0.3) is 5.91 Å². The lowest BCUT2D eigenvalue weighted by Crippen LogP contribution is -2.68. The van der Waals surface area contributed by atoms with Crippen molar-refractivity contribution in [1.29, 1.82) is 0 Å². The molecule has 6 fully saturated rings. The number of hydrogen-bond acceptors (Lipinski definition) is 10. The van der Waals surface area contributed by atoms with Gasteiger partial charge in [0.1, 0.15) is 17.3 Å². The van der Waals surface area contributed by atoms with Crippen molar-refractivity contribution >= 4 is 35.4 Å².